The van der Waals surface area contributed by atoms with Crippen LogP contribution >= 0.6 is 11.3 Å². The van der Waals surface area contributed by atoms with Crippen molar-refractivity contribution in [1.29, 1.82) is 0 Å². The summed E-state index contributed by atoms with van der Waals surface area (Å²) in [5.41, 5.74) is 3.98. The Hall–Kier alpha value is -2.99. The molecule has 1 aliphatic rings. The van der Waals surface area contributed by atoms with E-state index in [1.807, 2.05) is 52.7 Å². The van der Waals surface area contributed by atoms with E-state index in [-0.39, 0.29) is 11.9 Å². The maximum absolute atomic E-state index is 12.5. The number of fused-ring (bicyclic) bond motifs is 1. The summed E-state index contributed by atoms with van der Waals surface area (Å²) in [6.45, 7) is 0.518. The first kappa shape index (κ1) is 16.2. The highest BCUT2D eigenvalue weighted by Crippen LogP contribution is 2.34. The number of nitrogens with one attached hydrogen (secondary N) is 1. The van der Waals surface area contributed by atoms with Crippen LogP contribution < -0.4 is 0 Å². The number of imidazole rings is 1. The molecule has 5 rings (SSSR count). The molecule has 1 fully saturated rings. The predicted octanol–water partition coefficient (Wildman–Crippen LogP) is 4.55. The molecule has 134 valence electrons. The van der Waals surface area contributed by atoms with Crippen LogP contribution in [-0.2, 0) is 11.3 Å². The Morgan fingerprint density at radius 3 is 2.74 bits per heavy atom. The van der Waals surface area contributed by atoms with Gasteiger partial charge in [-0.1, -0.05) is 42.5 Å². The summed E-state index contributed by atoms with van der Waals surface area (Å²) in [7, 11) is 0. The number of carbonyl (C=O) groups excluding carboxylic acids is 1. The van der Waals surface area contributed by atoms with Gasteiger partial charge in [-0.05, 0) is 18.6 Å². The molecule has 3 heterocycles. The summed E-state index contributed by atoms with van der Waals surface area (Å²) >= 11 is 1.62. The van der Waals surface area contributed by atoms with Crippen LogP contribution in [0.4, 0.5) is 0 Å². The number of benzene rings is 2. The molecule has 2 aromatic heterocycles. The second kappa shape index (κ2) is 6.63. The van der Waals surface area contributed by atoms with Crippen molar-refractivity contribution < 1.29 is 4.79 Å². The molecular formula is C21H18N4OS. The molecule has 1 aliphatic heterocycles. The number of para-hydroxylation sites is 2. The van der Waals surface area contributed by atoms with E-state index in [1.54, 1.807) is 11.3 Å². The van der Waals surface area contributed by atoms with E-state index in [2.05, 4.69) is 17.1 Å². The van der Waals surface area contributed by atoms with Crippen LogP contribution in [0.2, 0.25) is 0 Å². The minimum absolute atomic E-state index is 0.0215. The molecule has 1 saturated heterocycles. The van der Waals surface area contributed by atoms with Crippen LogP contribution in [0.3, 0.4) is 0 Å². The van der Waals surface area contributed by atoms with Crippen molar-refractivity contribution in [3.63, 3.8) is 0 Å². The summed E-state index contributed by atoms with van der Waals surface area (Å²) in [5.74, 6) is 1.02. The van der Waals surface area contributed by atoms with Crippen LogP contribution in [-0.4, -0.2) is 25.8 Å². The Balaban J connectivity index is 1.41. The molecule has 0 spiro atoms. The molecule has 6 heteroatoms. The molecule has 0 saturated carbocycles. The maximum atomic E-state index is 12.5. The summed E-state index contributed by atoms with van der Waals surface area (Å²) in [6, 6.07) is 18.1. The lowest BCUT2D eigenvalue weighted by molar-refractivity contribution is -0.129. The van der Waals surface area contributed by atoms with Crippen molar-refractivity contribution in [1.82, 2.24) is 19.9 Å². The number of aromatic nitrogens is 3. The second-order valence-corrected chi connectivity index (χ2v) is 7.58. The molecular weight excluding hydrogens is 356 g/mol. The summed E-state index contributed by atoms with van der Waals surface area (Å²) in [5, 5.41) is 3.03. The normalized spacial score (nSPS) is 17.1. The van der Waals surface area contributed by atoms with Gasteiger partial charge in [-0.15, -0.1) is 11.3 Å². The van der Waals surface area contributed by atoms with Crippen molar-refractivity contribution in [3.8, 4) is 10.6 Å². The van der Waals surface area contributed by atoms with Gasteiger partial charge in [0.1, 0.15) is 10.8 Å². The molecule has 1 atom stereocenters. The number of aromatic amines is 1. The number of thiazole rings is 1. The first-order valence-corrected chi connectivity index (χ1v) is 9.90. The number of likely N-dealkylation sites (tertiary alicyclic amines) is 1. The predicted molar refractivity (Wildman–Crippen MR) is 106 cm³/mol. The van der Waals surface area contributed by atoms with Gasteiger partial charge in [-0.3, -0.25) is 4.79 Å². The molecule has 1 unspecified atom stereocenters. The van der Waals surface area contributed by atoms with Gasteiger partial charge in [0.25, 0.3) is 0 Å². The topological polar surface area (TPSA) is 61.9 Å². The number of hydrogen-bond acceptors (Lipinski definition) is 4. The standard InChI is InChI=1S/C21H18N4OS/c26-19-11-10-18(20-23-16-8-4-5-9-17(16)24-20)25(19)12-15-13-27-21(22-15)14-6-2-1-3-7-14/h1-9,13,18H,10-12H2,(H,23,24). The zero-order valence-electron chi connectivity index (χ0n) is 14.6. The van der Waals surface area contributed by atoms with Gasteiger partial charge in [0.2, 0.25) is 5.91 Å². The molecule has 1 N–H and O–H groups in total. The van der Waals surface area contributed by atoms with E-state index in [4.69, 9.17) is 9.97 Å². The zero-order chi connectivity index (χ0) is 18.2. The average molecular weight is 374 g/mol. The Labute approximate surface area is 160 Å². The number of rotatable bonds is 4. The Morgan fingerprint density at radius 2 is 1.89 bits per heavy atom. The fourth-order valence-electron chi connectivity index (χ4n) is 3.61. The number of H-pyrrole nitrogens is 1. The monoisotopic (exact) mass is 374 g/mol. The van der Waals surface area contributed by atoms with Crippen LogP contribution in [0.1, 0.15) is 30.4 Å². The van der Waals surface area contributed by atoms with Crippen molar-refractivity contribution in [3.05, 3.63) is 71.5 Å². The lowest BCUT2D eigenvalue weighted by atomic mass is 10.2. The molecule has 2 aromatic carbocycles. The van der Waals surface area contributed by atoms with E-state index in [9.17, 15) is 4.79 Å². The van der Waals surface area contributed by atoms with Gasteiger partial charge in [0, 0.05) is 17.4 Å². The second-order valence-electron chi connectivity index (χ2n) is 6.73. The van der Waals surface area contributed by atoms with Gasteiger partial charge in [0.05, 0.1) is 29.3 Å². The van der Waals surface area contributed by atoms with E-state index in [0.29, 0.717) is 13.0 Å². The largest absolute Gasteiger partial charge is 0.340 e. The lowest BCUT2D eigenvalue weighted by Gasteiger charge is -2.22. The smallest absolute Gasteiger partial charge is 0.223 e. The molecule has 27 heavy (non-hydrogen) atoms. The average Bonchev–Trinajstić information content (AvgIpc) is 3.42. The molecule has 5 nitrogen and oxygen atoms in total. The third-order valence-corrected chi connectivity index (χ3v) is 5.90. The van der Waals surface area contributed by atoms with Gasteiger partial charge in [-0.25, -0.2) is 9.97 Å². The number of nitrogens with zero attached hydrogens (tertiary/aromatic N) is 3. The SMILES string of the molecule is O=C1CCC(c2nc3ccccc3[nH]2)N1Cc1csc(-c2ccccc2)n1. The van der Waals surface area contributed by atoms with Gasteiger partial charge in [0.15, 0.2) is 0 Å². The summed E-state index contributed by atoms with van der Waals surface area (Å²) in [6.07, 6.45) is 1.34. The van der Waals surface area contributed by atoms with E-state index < -0.39 is 0 Å². The highest BCUT2D eigenvalue weighted by atomic mass is 32.1. The van der Waals surface area contributed by atoms with Crippen LogP contribution in [0.25, 0.3) is 21.6 Å². The quantitative estimate of drug-likeness (QED) is 0.570. The fourth-order valence-corrected chi connectivity index (χ4v) is 4.43. The molecule has 0 aliphatic carbocycles. The molecule has 4 aromatic rings. The third kappa shape index (κ3) is 3.02. The van der Waals surface area contributed by atoms with Crippen molar-refractivity contribution >= 4 is 28.3 Å². The first-order valence-electron chi connectivity index (χ1n) is 9.02. The first-order chi connectivity index (χ1) is 13.3. The Kier molecular flexibility index (Phi) is 3.98. The summed E-state index contributed by atoms with van der Waals surface area (Å²) < 4.78 is 0. The minimum Gasteiger partial charge on any atom is -0.340 e. The number of amides is 1. The summed E-state index contributed by atoms with van der Waals surface area (Å²) in [4.78, 5) is 27.3. The lowest BCUT2D eigenvalue weighted by Crippen LogP contribution is -2.27. The highest BCUT2D eigenvalue weighted by molar-refractivity contribution is 7.13. The number of carbonyl (C=O) groups is 1. The van der Waals surface area contributed by atoms with Gasteiger partial charge in [-0.2, -0.15) is 0 Å². The van der Waals surface area contributed by atoms with Crippen LogP contribution in [0, 0.1) is 0 Å². The van der Waals surface area contributed by atoms with E-state index >= 15 is 0 Å². The van der Waals surface area contributed by atoms with Crippen molar-refractivity contribution in [2.45, 2.75) is 25.4 Å². The highest BCUT2D eigenvalue weighted by Gasteiger charge is 2.34. The Morgan fingerprint density at radius 1 is 1.07 bits per heavy atom. The molecule has 0 bridgehead atoms. The van der Waals surface area contributed by atoms with Crippen LogP contribution in [0.15, 0.2) is 60.0 Å². The zero-order valence-corrected chi connectivity index (χ0v) is 15.4. The van der Waals surface area contributed by atoms with E-state index in [0.717, 1.165) is 39.5 Å². The van der Waals surface area contributed by atoms with Crippen molar-refractivity contribution in [2.75, 3.05) is 0 Å². The Bertz CT molecular complexity index is 1070. The fraction of sp³-hybridized carbons (Fsp3) is 0.190. The third-order valence-electron chi connectivity index (χ3n) is 4.96. The molecule has 0 radical (unpaired) electrons. The van der Waals surface area contributed by atoms with E-state index in [1.165, 1.54) is 0 Å². The number of hydrogen-bond donors (Lipinski definition) is 1. The van der Waals surface area contributed by atoms with Crippen LogP contribution in [0.5, 0.6) is 0 Å². The maximum Gasteiger partial charge on any atom is 0.223 e. The minimum atomic E-state index is -0.0215. The molecule has 1 amide bonds. The van der Waals surface area contributed by atoms with Gasteiger partial charge < -0.3 is 9.88 Å². The van der Waals surface area contributed by atoms with Crippen molar-refractivity contribution in [2.24, 2.45) is 0 Å². The van der Waals surface area contributed by atoms with Gasteiger partial charge >= 0.3 is 0 Å².